The van der Waals surface area contributed by atoms with Crippen LogP contribution in [0.25, 0.3) is 0 Å². The van der Waals surface area contributed by atoms with E-state index in [1.807, 2.05) is 6.20 Å². The van der Waals surface area contributed by atoms with E-state index >= 15 is 0 Å². The second-order valence-corrected chi connectivity index (χ2v) is 5.25. The maximum atomic E-state index is 4.42. The molecule has 1 N–H and O–H groups in total. The van der Waals surface area contributed by atoms with Crippen LogP contribution in [-0.4, -0.2) is 16.1 Å². The minimum atomic E-state index is 0.353. The minimum absolute atomic E-state index is 0.353. The molecule has 1 atom stereocenters. The van der Waals surface area contributed by atoms with E-state index in [9.17, 15) is 0 Å². The molecular weight excluding hydrogens is 174 g/mol. The molecule has 1 aromatic rings. The molecule has 0 radical (unpaired) electrons. The maximum absolute atomic E-state index is 4.42. The van der Waals surface area contributed by atoms with Crippen LogP contribution in [0.4, 0.5) is 0 Å². The maximum Gasteiger partial charge on any atom is 0.125 e. The molecule has 0 aliphatic carbocycles. The van der Waals surface area contributed by atoms with Gasteiger partial charge in [-0.05, 0) is 11.8 Å². The first-order valence-electron chi connectivity index (χ1n) is 5.31. The molecule has 0 bridgehead atoms. The Hall–Kier alpha value is -0.830. The summed E-state index contributed by atoms with van der Waals surface area (Å²) in [6, 6.07) is 0.429. The van der Waals surface area contributed by atoms with Gasteiger partial charge in [-0.25, -0.2) is 4.98 Å². The number of imidazole rings is 1. The normalized spacial score (nSPS) is 22.1. The van der Waals surface area contributed by atoms with Gasteiger partial charge in [0, 0.05) is 25.5 Å². The molecule has 2 rings (SSSR count). The molecular formula is C11H19N3. The van der Waals surface area contributed by atoms with Crippen LogP contribution in [0, 0.1) is 5.41 Å². The highest BCUT2D eigenvalue weighted by Gasteiger charge is 2.25. The van der Waals surface area contributed by atoms with Crippen LogP contribution in [0.1, 0.15) is 39.1 Å². The van der Waals surface area contributed by atoms with Gasteiger partial charge < -0.3 is 9.88 Å². The van der Waals surface area contributed by atoms with E-state index < -0.39 is 0 Å². The molecule has 3 nitrogen and oxygen atoms in total. The monoisotopic (exact) mass is 193 g/mol. The zero-order valence-electron chi connectivity index (χ0n) is 9.25. The van der Waals surface area contributed by atoms with Crippen molar-refractivity contribution in [2.75, 3.05) is 6.54 Å². The standard InChI is InChI=1S/C11H19N3/c1-11(2,3)8-9-10-13-5-7-14(10)6-4-12-9/h5,7,9,12H,4,6,8H2,1-3H3. The molecule has 0 fully saturated rings. The van der Waals surface area contributed by atoms with Crippen molar-refractivity contribution in [3.05, 3.63) is 18.2 Å². The molecule has 3 heteroatoms. The van der Waals surface area contributed by atoms with E-state index in [-0.39, 0.29) is 0 Å². The van der Waals surface area contributed by atoms with Crippen molar-refractivity contribution in [2.24, 2.45) is 5.41 Å². The van der Waals surface area contributed by atoms with Crippen LogP contribution in [0.5, 0.6) is 0 Å². The van der Waals surface area contributed by atoms with Gasteiger partial charge in [0.25, 0.3) is 0 Å². The van der Waals surface area contributed by atoms with Gasteiger partial charge in [0.15, 0.2) is 0 Å². The third-order valence-corrected chi connectivity index (χ3v) is 2.62. The Labute approximate surface area is 85.5 Å². The highest BCUT2D eigenvalue weighted by molar-refractivity contribution is 5.03. The van der Waals surface area contributed by atoms with Crippen molar-refractivity contribution >= 4 is 0 Å². The lowest BCUT2D eigenvalue weighted by atomic mass is 9.87. The van der Waals surface area contributed by atoms with Crippen molar-refractivity contribution < 1.29 is 0 Å². The van der Waals surface area contributed by atoms with E-state index in [1.165, 1.54) is 5.82 Å². The molecule has 0 aromatic carbocycles. The van der Waals surface area contributed by atoms with Crippen LogP contribution >= 0.6 is 0 Å². The number of hydrogen-bond acceptors (Lipinski definition) is 2. The topological polar surface area (TPSA) is 29.9 Å². The summed E-state index contributed by atoms with van der Waals surface area (Å²) < 4.78 is 2.26. The van der Waals surface area contributed by atoms with E-state index in [4.69, 9.17) is 0 Å². The Morgan fingerprint density at radius 2 is 2.36 bits per heavy atom. The SMILES string of the molecule is CC(C)(C)CC1NCCn2ccnc21. The summed E-state index contributed by atoms with van der Waals surface area (Å²) in [5, 5.41) is 3.53. The largest absolute Gasteiger partial charge is 0.332 e. The molecule has 78 valence electrons. The number of nitrogens with one attached hydrogen (secondary N) is 1. The average Bonchev–Trinajstić information content (AvgIpc) is 2.49. The summed E-state index contributed by atoms with van der Waals surface area (Å²) in [5.74, 6) is 1.20. The van der Waals surface area contributed by atoms with Crippen LogP contribution in [-0.2, 0) is 6.54 Å². The van der Waals surface area contributed by atoms with Gasteiger partial charge in [0.1, 0.15) is 5.82 Å². The first-order chi connectivity index (χ1) is 6.56. The first kappa shape index (κ1) is 9.71. The molecule has 1 aromatic heterocycles. The lowest BCUT2D eigenvalue weighted by Crippen LogP contribution is -2.35. The van der Waals surface area contributed by atoms with Gasteiger partial charge in [0.05, 0.1) is 6.04 Å². The highest BCUT2D eigenvalue weighted by atomic mass is 15.2. The predicted molar refractivity (Wildman–Crippen MR) is 57.0 cm³/mol. The molecule has 0 saturated carbocycles. The number of fused-ring (bicyclic) bond motifs is 1. The van der Waals surface area contributed by atoms with Crippen molar-refractivity contribution in [2.45, 2.75) is 39.8 Å². The van der Waals surface area contributed by atoms with Crippen LogP contribution in [0.3, 0.4) is 0 Å². The van der Waals surface area contributed by atoms with Crippen LogP contribution in [0.2, 0.25) is 0 Å². The van der Waals surface area contributed by atoms with Gasteiger partial charge in [-0.2, -0.15) is 0 Å². The molecule has 1 unspecified atom stereocenters. The highest BCUT2D eigenvalue weighted by Crippen LogP contribution is 2.29. The molecule has 0 amide bonds. The molecule has 2 heterocycles. The molecule has 1 aliphatic heterocycles. The summed E-state index contributed by atoms with van der Waals surface area (Å²) in [6.07, 6.45) is 5.12. The molecule has 14 heavy (non-hydrogen) atoms. The Morgan fingerprint density at radius 1 is 1.57 bits per heavy atom. The van der Waals surface area contributed by atoms with Gasteiger partial charge >= 0.3 is 0 Å². The smallest absolute Gasteiger partial charge is 0.125 e. The zero-order chi connectivity index (χ0) is 10.2. The van der Waals surface area contributed by atoms with Crippen LogP contribution in [0.15, 0.2) is 12.4 Å². The summed E-state index contributed by atoms with van der Waals surface area (Å²) in [6.45, 7) is 8.93. The Bertz CT molecular complexity index is 309. The number of nitrogens with zero attached hydrogens (tertiary/aromatic N) is 2. The van der Waals surface area contributed by atoms with E-state index in [1.54, 1.807) is 0 Å². The van der Waals surface area contributed by atoms with Gasteiger partial charge in [-0.1, -0.05) is 20.8 Å². The summed E-state index contributed by atoms with van der Waals surface area (Å²) >= 11 is 0. The fourth-order valence-electron chi connectivity index (χ4n) is 2.05. The quantitative estimate of drug-likeness (QED) is 0.739. The third-order valence-electron chi connectivity index (χ3n) is 2.62. The zero-order valence-corrected chi connectivity index (χ0v) is 9.25. The average molecular weight is 193 g/mol. The lowest BCUT2D eigenvalue weighted by Gasteiger charge is -2.30. The second-order valence-electron chi connectivity index (χ2n) is 5.25. The van der Waals surface area contributed by atoms with Gasteiger partial charge in [-0.15, -0.1) is 0 Å². The first-order valence-corrected chi connectivity index (χ1v) is 5.31. The second kappa shape index (κ2) is 3.39. The number of aromatic nitrogens is 2. The van der Waals surface area contributed by atoms with E-state index in [0.717, 1.165) is 19.5 Å². The van der Waals surface area contributed by atoms with Gasteiger partial charge in [0.2, 0.25) is 0 Å². The van der Waals surface area contributed by atoms with Crippen molar-refractivity contribution in [3.63, 3.8) is 0 Å². The summed E-state index contributed by atoms with van der Waals surface area (Å²) in [5.41, 5.74) is 0.353. The van der Waals surface area contributed by atoms with E-state index in [0.29, 0.717) is 11.5 Å². The summed E-state index contributed by atoms with van der Waals surface area (Å²) in [4.78, 5) is 4.42. The van der Waals surface area contributed by atoms with Crippen molar-refractivity contribution in [1.29, 1.82) is 0 Å². The van der Waals surface area contributed by atoms with Crippen molar-refractivity contribution in [1.82, 2.24) is 14.9 Å². The Balaban J connectivity index is 2.16. The molecule has 0 spiro atoms. The van der Waals surface area contributed by atoms with Crippen molar-refractivity contribution in [3.8, 4) is 0 Å². The molecule has 0 saturated heterocycles. The number of rotatable bonds is 1. The number of hydrogen-bond donors (Lipinski definition) is 1. The third kappa shape index (κ3) is 1.98. The minimum Gasteiger partial charge on any atom is -0.332 e. The Kier molecular flexibility index (Phi) is 2.35. The lowest BCUT2D eigenvalue weighted by molar-refractivity contribution is 0.280. The fraction of sp³-hybridized carbons (Fsp3) is 0.727. The fourth-order valence-corrected chi connectivity index (χ4v) is 2.05. The van der Waals surface area contributed by atoms with Crippen LogP contribution < -0.4 is 5.32 Å². The van der Waals surface area contributed by atoms with E-state index in [2.05, 4.69) is 41.8 Å². The van der Waals surface area contributed by atoms with Gasteiger partial charge in [-0.3, -0.25) is 0 Å². The predicted octanol–water partition coefficient (Wildman–Crippen LogP) is 1.96. The summed E-state index contributed by atoms with van der Waals surface area (Å²) in [7, 11) is 0. The Morgan fingerprint density at radius 3 is 3.07 bits per heavy atom. The molecule has 1 aliphatic rings.